The molecule has 0 aliphatic rings. The van der Waals surface area contributed by atoms with Crippen LogP contribution in [0.1, 0.15) is 11.3 Å². The van der Waals surface area contributed by atoms with E-state index in [1.165, 1.54) is 0 Å². The van der Waals surface area contributed by atoms with Gasteiger partial charge in [0.2, 0.25) is 0 Å². The molecular weight excluding hydrogens is 136 g/mol. The third-order valence-electron chi connectivity index (χ3n) is 1.56. The minimum absolute atomic E-state index is 0.778. The van der Waals surface area contributed by atoms with Crippen LogP contribution in [0, 0.1) is 6.92 Å². The molecule has 2 heteroatoms. The molecule has 0 aromatic carbocycles. The quantitative estimate of drug-likeness (QED) is 0.619. The fraction of sp³-hybridized carbons (Fsp3) is 0.111. The van der Waals surface area contributed by atoms with E-state index >= 15 is 0 Å². The Hall–Kier alpha value is -1.44. The van der Waals surface area contributed by atoms with Gasteiger partial charge in [-0.05, 0) is 6.92 Å². The summed E-state index contributed by atoms with van der Waals surface area (Å²) in [6.07, 6.45) is 7.32. The number of nitrogens with one attached hydrogen (secondary N) is 1. The number of aryl methyl sites for hydroxylation is 1. The summed E-state index contributed by atoms with van der Waals surface area (Å²) in [5.74, 6) is 0. The lowest BCUT2D eigenvalue weighted by atomic mass is 10.2. The van der Waals surface area contributed by atoms with Crippen LogP contribution in [0.15, 0.2) is 24.9 Å². The lowest BCUT2D eigenvalue weighted by Gasteiger charge is -1.91. The highest BCUT2D eigenvalue weighted by Gasteiger charge is 1.98. The van der Waals surface area contributed by atoms with Gasteiger partial charge in [-0.15, -0.1) is 0 Å². The van der Waals surface area contributed by atoms with Crippen molar-refractivity contribution in [3.05, 3.63) is 36.2 Å². The van der Waals surface area contributed by atoms with Gasteiger partial charge in [0, 0.05) is 17.5 Å². The summed E-state index contributed by atoms with van der Waals surface area (Å²) >= 11 is 0. The van der Waals surface area contributed by atoms with Crippen LogP contribution in [0.2, 0.25) is 0 Å². The van der Waals surface area contributed by atoms with E-state index in [4.69, 9.17) is 5.73 Å². The maximum Gasteiger partial charge on any atom is 0.0568 e. The van der Waals surface area contributed by atoms with E-state index in [9.17, 15) is 0 Å². The zero-order valence-electron chi connectivity index (χ0n) is 6.59. The highest BCUT2D eigenvalue weighted by Crippen LogP contribution is 2.16. The van der Waals surface area contributed by atoms with E-state index < -0.39 is 0 Å². The molecule has 0 spiro atoms. The second kappa shape index (κ2) is 3.10. The first-order chi connectivity index (χ1) is 5.25. The monoisotopic (exact) mass is 148 g/mol. The number of allylic oxidation sites excluding steroid dienone is 2. The maximum absolute atomic E-state index is 5.67. The summed E-state index contributed by atoms with van der Waals surface area (Å²) in [5, 5.41) is 0. The summed E-state index contributed by atoms with van der Waals surface area (Å²) in [4.78, 5) is 3.04. The molecule has 0 saturated heterocycles. The Balaban J connectivity index is 3.00. The summed E-state index contributed by atoms with van der Waals surface area (Å²) in [5.41, 5.74) is 8.57. The Morgan fingerprint density at radius 1 is 1.64 bits per heavy atom. The molecule has 2 nitrogen and oxygen atoms in total. The number of nitrogen functional groups attached to an aromatic ring is 1. The van der Waals surface area contributed by atoms with E-state index in [0.29, 0.717) is 0 Å². The molecule has 11 heavy (non-hydrogen) atoms. The van der Waals surface area contributed by atoms with E-state index in [1.807, 2.05) is 19.1 Å². The highest BCUT2D eigenvalue weighted by atomic mass is 14.7. The van der Waals surface area contributed by atoms with Gasteiger partial charge in [0.1, 0.15) is 0 Å². The van der Waals surface area contributed by atoms with Crippen LogP contribution in [0.4, 0.5) is 5.69 Å². The number of nitrogens with two attached hydrogens (primary N) is 1. The Morgan fingerprint density at radius 3 is 2.82 bits per heavy atom. The van der Waals surface area contributed by atoms with Crippen LogP contribution < -0.4 is 5.73 Å². The zero-order chi connectivity index (χ0) is 8.27. The van der Waals surface area contributed by atoms with Crippen molar-refractivity contribution >= 4 is 11.8 Å². The maximum atomic E-state index is 5.67. The molecule has 1 aromatic rings. The Bertz CT molecular complexity index is 262. The molecule has 1 aromatic heterocycles. The van der Waals surface area contributed by atoms with Crippen molar-refractivity contribution in [1.29, 1.82) is 0 Å². The van der Waals surface area contributed by atoms with Crippen LogP contribution >= 0.6 is 0 Å². The molecule has 0 unspecified atom stereocenters. The third-order valence-corrected chi connectivity index (χ3v) is 1.56. The normalized spacial score (nSPS) is 10.6. The average molecular weight is 148 g/mol. The minimum atomic E-state index is 0.778. The van der Waals surface area contributed by atoms with Crippen molar-refractivity contribution in [3.63, 3.8) is 0 Å². The summed E-state index contributed by atoms with van der Waals surface area (Å²) < 4.78 is 0. The van der Waals surface area contributed by atoms with Gasteiger partial charge in [0.05, 0.1) is 5.69 Å². The zero-order valence-corrected chi connectivity index (χ0v) is 6.59. The van der Waals surface area contributed by atoms with Gasteiger partial charge in [-0.3, -0.25) is 0 Å². The molecule has 3 N–H and O–H groups in total. The first-order valence-electron chi connectivity index (χ1n) is 3.48. The van der Waals surface area contributed by atoms with Gasteiger partial charge in [0.25, 0.3) is 0 Å². The van der Waals surface area contributed by atoms with Crippen molar-refractivity contribution in [3.8, 4) is 0 Å². The number of aromatic amines is 1. The van der Waals surface area contributed by atoms with E-state index in [0.717, 1.165) is 16.9 Å². The van der Waals surface area contributed by atoms with Crippen molar-refractivity contribution in [2.45, 2.75) is 6.92 Å². The van der Waals surface area contributed by atoms with Gasteiger partial charge >= 0.3 is 0 Å². The predicted octanol–water partition coefficient (Wildman–Crippen LogP) is 2.10. The molecule has 0 amide bonds. The standard InChI is InChI=1S/C9H12N2/c1-3-4-5-8-7(2)11-6-9(8)10/h3-6,11H,1,10H2,2H3. The first kappa shape index (κ1) is 7.66. The molecule has 1 rings (SSSR count). The third kappa shape index (κ3) is 1.52. The molecule has 58 valence electrons. The first-order valence-corrected chi connectivity index (χ1v) is 3.48. The molecule has 1 heterocycles. The Morgan fingerprint density at radius 2 is 2.36 bits per heavy atom. The summed E-state index contributed by atoms with van der Waals surface area (Å²) in [6, 6.07) is 0. The van der Waals surface area contributed by atoms with Crippen molar-refractivity contribution in [2.24, 2.45) is 0 Å². The molecule has 0 aliphatic carbocycles. The number of hydrogen-bond acceptors (Lipinski definition) is 1. The van der Waals surface area contributed by atoms with Gasteiger partial charge < -0.3 is 10.7 Å². The lowest BCUT2D eigenvalue weighted by molar-refractivity contribution is 1.26. The SMILES string of the molecule is C=CC=Cc1c(N)c[nH]c1C. The molecule has 0 aliphatic heterocycles. The van der Waals surface area contributed by atoms with Gasteiger partial charge in [-0.1, -0.05) is 24.8 Å². The van der Waals surface area contributed by atoms with Crippen LogP contribution in [-0.4, -0.2) is 4.98 Å². The highest BCUT2D eigenvalue weighted by molar-refractivity contribution is 5.67. The Labute approximate surface area is 66.4 Å². The molecule has 0 atom stereocenters. The number of hydrogen-bond donors (Lipinski definition) is 2. The van der Waals surface area contributed by atoms with Crippen LogP contribution in [0.25, 0.3) is 6.08 Å². The van der Waals surface area contributed by atoms with Crippen molar-refractivity contribution in [2.75, 3.05) is 5.73 Å². The number of rotatable bonds is 2. The van der Waals surface area contributed by atoms with Crippen molar-refractivity contribution in [1.82, 2.24) is 4.98 Å². The fourth-order valence-electron chi connectivity index (χ4n) is 0.944. The fourth-order valence-corrected chi connectivity index (χ4v) is 0.944. The van der Waals surface area contributed by atoms with Crippen molar-refractivity contribution < 1.29 is 0 Å². The number of H-pyrrole nitrogens is 1. The molecule has 0 radical (unpaired) electrons. The second-order valence-corrected chi connectivity index (χ2v) is 2.38. The molecule has 0 fully saturated rings. The summed E-state index contributed by atoms with van der Waals surface area (Å²) in [6.45, 7) is 5.57. The smallest absolute Gasteiger partial charge is 0.0568 e. The van der Waals surface area contributed by atoms with Crippen LogP contribution in [0.3, 0.4) is 0 Å². The van der Waals surface area contributed by atoms with Crippen LogP contribution in [-0.2, 0) is 0 Å². The van der Waals surface area contributed by atoms with Crippen LogP contribution in [0.5, 0.6) is 0 Å². The lowest BCUT2D eigenvalue weighted by Crippen LogP contribution is -1.83. The molecule has 0 saturated carbocycles. The van der Waals surface area contributed by atoms with E-state index in [1.54, 1.807) is 12.3 Å². The average Bonchev–Trinajstić information content (AvgIpc) is 2.29. The van der Waals surface area contributed by atoms with Gasteiger partial charge in [-0.25, -0.2) is 0 Å². The molecular formula is C9H12N2. The van der Waals surface area contributed by atoms with Gasteiger partial charge in [0.15, 0.2) is 0 Å². The second-order valence-electron chi connectivity index (χ2n) is 2.38. The number of aromatic nitrogens is 1. The predicted molar refractivity (Wildman–Crippen MR) is 49.2 cm³/mol. The topological polar surface area (TPSA) is 41.8 Å². The summed E-state index contributed by atoms with van der Waals surface area (Å²) in [7, 11) is 0. The van der Waals surface area contributed by atoms with E-state index in [-0.39, 0.29) is 0 Å². The minimum Gasteiger partial charge on any atom is -0.397 e. The largest absolute Gasteiger partial charge is 0.397 e. The van der Waals surface area contributed by atoms with E-state index in [2.05, 4.69) is 11.6 Å². The molecule has 0 bridgehead atoms. The van der Waals surface area contributed by atoms with Gasteiger partial charge in [-0.2, -0.15) is 0 Å². The number of anilines is 1. The Kier molecular flexibility index (Phi) is 2.16.